The number of alkyl halides is 2. The number of hydrogen-bond donors (Lipinski definition) is 1. The third-order valence-corrected chi connectivity index (χ3v) is 3.93. The van der Waals surface area contributed by atoms with Crippen LogP contribution in [0.3, 0.4) is 0 Å². The summed E-state index contributed by atoms with van der Waals surface area (Å²) in [6, 6.07) is 1.01. The molecule has 2 N–H and O–H groups in total. The van der Waals surface area contributed by atoms with E-state index in [0.717, 1.165) is 6.07 Å². The molecule has 1 heterocycles. The smallest absolute Gasteiger partial charge is 0.251 e. The minimum absolute atomic E-state index is 0.0142. The molecule has 0 saturated heterocycles. The number of primary sulfonamides is 1. The highest BCUT2D eigenvalue weighted by Gasteiger charge is 2.20. The van der Waals surface area contributed by atoms with Gasteiger partial charge >= 0.3 is 0 Å². The number of halogens is 3. The van der Waals surface area contributed by atoms with Crippen molar-refractivity contribution in [1.82, 2.24) is 4.98 Å². The number of aromatic nitrogens is 1. The van der Waals surface area contributed by atoms with E-state index in [1.54, 1.807) is 22.6 Å². The Bertz CT molecular complexity index is 467. The molecule has 0 aliphatic carbocycles. The molecule has 15 heavy (non-hydrogen) atoms. The Morgan fingerprint density at radius 3 is 2.40 bits per heavy atom. The van der Waals surface area contributed by atoms with Gasteiger partial charge < -0.3 is 0 Å². The summed E-state index contributed by atoms with van der Waals surface area (Å²) in [4.78, 5) is 3.28. The standard InChI is InChI=1S/C7H7F2IN2O2S/c1-3-6(15(11,13)14)4(10)2-5(12-3)7(8)9/h2,7H,1H3,(H2,11,13,14). The van der Waals surface area contributed by atoms with Crippen molar-refractivity contribution in [2.75, 3.05) is 0 Å². The number of rotatable bonds is 2. The minimum Gasteiger partial charge on any atom is -0.251 e. The van der Waals surface area contributed by atoms with E-state index < -0.39 is 22.1 Å². The van der Waals surface area contributed by atoms with Crippen LogP contribution in [-0.2, 0) is 10.0 Å². The largest absolute Gasteiger partial charge is 0.280 e. The molecule has 0 saturated carbocycles. The van der Waals surface area contributed by atoms with Gasteiger partial charge in [-0.05, 0) is 35.6 Å². The van der Waals surface area contributed by atoms with E-state index in [2.05, 4.69) is 4.98 Å². The normalized spacial score (nSPS) is 12.1. The van der Waals surface area contributed by atoms with Gasteiger partial charge in [-0.3, -0.25) is 4.98 Å². The van der Waals surface area contributed by atoms with Crippen molar-refractivity contribution < 1.29 is 17.2 Å². The number of nitrogens with two attached hydrogens (primary N) is 1. The second-order valence-electron chi connectivity index (χ2n) is 2.79. The average molecular weight is 348 g/mol. The summed E-state index contributed by atoms with van der Waals surface area (Å²) in [6.45, 7) is 1.33. The molecule has 1 rings (SSSR count). The third kappa shape index (κ3) is 2.82. The van der Waals surface area contributed by atoms with E-state index in [0.29, 0.717) is 0 Å². The predicted molar refractivity (Wildman–Crippen MR) is 58.0 cm³/mol. The van der Waals surface area contributed by atoms with Crippen LogP contribution < -0.4 is 5.14 Å². The van der Waals surface area contributed by atoms with E-state index in [9.17, 15) is 17.2 Å². The fourth-order valence-electron chi connectivity index (χ4n) is 1.10. The lowest BCUT2D eigenvalue weighted by molar-refractivity contribution is 0.145. The average Bonchev–Trinajstić information content (AvgIpc) is 1.99. The van der Waals surface area contributed by atoms with Gasteiger partial charge in [-0.2, -0.15) is 0 Å². The van der Waals surface area contributed by atoms with Crippen LogP contribution in [0, 0.1) is 10.5 Å². The second kappa shape index (κ2) is 4.26. The van der Waals surface area contributed by atoms with Crippen LogP contribution in [0.1, 0.15) is 17.8 Å². The van der Waals surface area contributed by atoms with E-state index in [-0.39, 0.29) is 14.2 Å². The first-order chi connectivity index (χ1) is 6.73. The van der Waals surface area contributed by atoms with Crippen molar-refractivity contribution in [3.63, 3.8) is 0 Å². The summed E-state index contributed by atoms with van der Waals surface area (Å²) in [5.74, 6) is 0. The van der Waals surface area contributed by atoms with Gasteiger partial charge in [-0.15, -0.1) is 0 Å². The zero-order valence-corrected chi connectivity index (χ0v) is 10.5. The molecule has 0 unspecified atom stereocenters. The van der Waals surface area contributed by atoms with Crippen LogP contribution in [0.5, 0.6) is 0 Å². The Labute approximate surface area is 99.1 Å². The number of nitrogens with zero attached hydrogens (tertiary/aromatic N) is 1. The fraction of sp³-hybridized carbons (Fsp3) is 0.286. The summed E-state index contributed by atoms with van der Waals surface area (Å²) >= 11 is 1.64. The number of sulfonamides is 1. The van der Waals surface area contributed by atoms with Gasteiger partial charge in [0.15, 0.2) is 0 Å². The molecule has 4 nitrogen and oxygen atoms in total. The summed E-state index contributed by atoms with van der Waals surface area (Å²) in [5, 5.41) is 4.92. The molecule has 0 atom stereocenters. The quantitative estimate of drug-likeness (QED) is 0.825. The van der Waals surface area contributed by atoms with Crippen molar-refractivity contribution in [2.24, 2.45) is 5.14 Å². The van der Waals surface area contributed by atoms with Crippen molar-refractivity contribution in [2.45, 2.75) is 18.2 Å². The molecule has 84 valence electrons. The van der Waals surface area contributed by atoms with Crippen molar-refractivity contribution in [3.8, 4) is 0 Å². The Balaban J connectivity index is 3.48. The summed E-state index contributed by atoms with van der Waals surface area (Å²) < 4.78 is 47.0. The molecule has 0 bridgehead atoms. The number of pyridine rings is 1. The molecule has 1 aromatic rings. The Morgan fingerprint density at radius 1 is 1.53 bits per heavy atom. The van der Waals surface area contributed by atoms with Crippen LogP contribution in [0.25, 0.3) is 0 Å². The fourth-order valence-corrected chi connectivity index (χ4v) is 3.52. The van der Waals surface area contributed by atoms with Crippen LogP contribution >= 0.6 is 22.6 Å². The van der Waals surface area contributed by atoms with Gasteiger partial charge in [0, 0.05) is 3.57 Å². The zero-order valence-electron chi connectivity index (χ0n) is 7.54. The van der Waals surface area contributed by atoms with Gasteiger partial charge in [-0.1, -0.05) is 0 Å². The van der Waals surface area contributed by atoms with Gasteiger partial charge in [0.1, 0.15) is 10.6 Å². The number of aryl methyl sites for hydroxylation is 1. The molecule has 0 aliphatic rings. The van der Waals surface area contributed by atoms with E-state index >= 15 is 0 Å². The van der Waals surface area contributed by atoms with E-state index in [4.69, 9.17) is 5.14 Å². The first-order valence-corrected chi connectivity index (χ1v) is 6.34. The topological polar surface area (TPSA) is 73.0 Å². The SMILES string of the molecule is Cc1nc(C(F)F)cc(I)c1S(N)(=O)=O. The lowest BCUT2D eigenvalue weighted by Gasteiger charge is -2.08. The molecule has 0 spiro atoms. The van der Waals surface area contributed by atoms with Crippen molar-refractivity contribution in [3.05, 3.63) is 21.0 Å². The van der Waals surface area contributed by atoms with Crippen LogP contribution in [-0.4, -0.2) is 13.4 Å². The van der Waals surface area contributed by atoms with Crippen LogP contribution in [0.4, 0.5) is 8.78 Å². The first-order valence-electron chi connectivity index (χ1n) is 3.71. The molecule has 0 fully saturated rings. The highest BCUT2D eigenvalue weighted by molar-refractivity contribution is 14.1. The zero-order chi connectivity index (χ0) is 11.8. The van der Waals surface area contributed by atoms with E-state index in [1.807, 2.05) is 0 Å². The van der Waals surface area contributed by atoms with Crippen molar-refractivity contribution in [1.29, 1.82) is 0 Å². The van der Waals surface area contributed by atoms with E-state index in [1.165, 1.54) is 6.92 Å². The van der Waals surface area contributed by atoms with Gasteiger partial charge in [0.05, 0.1) is 5.69 Å². The molecule has 0 aromatic carbocycles. The van der Waals surface area contributed by atoms with Gasteiger partial charge in [0.2, 0.25) is 10.0 Å². The Morgan fingerprint density at radius 2 is 2.07 bits per heavy atom. The summed E-state index contributed by atoms with van der Waals surface area (Å²) in [6.07, 6.45) is -2.73. The Hall–Kier alpha value is -0.350. The lowest BCUT2D eigenvalue weighted by atomic mass is 10.3. The van der Waals surface area contributed by atoms with Crippen LogP contribution in [0.2, 0.25) is 0 Å². The van der Waals surface area contributed by atoms with Gasteiger partial charge in [-0.25, -0.2) is 22.3 Å². The maximum atomic E-state index is 12.3. The predicted octanol–water partition coefficient (Wildman–Crippen LogP) is 1.58. The summed E-state index contributed by atoms with van der Waals surface area (Å²) in [5.41, 5.74) is -0.469. The molecular formula is C7H7F2IN2O2S. The molecule has 1 aromatic heterocycles. The molecule has 8 heteroatoms. The van der Waals surface area contributed by atoms with Crippen molar-refractivity contribution >= 4 is 32.6 Å². The minimum atomic E-state index is -3.92. The highest BCUT2D eigenvalue weighted by Crippen LogP contribution is 2.25. The molecule has 0 amide bonds. The molecule has 0 aliphatic heterocycles. The monoisotopic (exact) mass is 348 g/mol. The highest BCUT2D eigenvalue weighted by atomic mass is 127. The second-order valence-corrected chi connectivity index (χ2v) is 5.45. The summed E-state index contributed by atoms with van der Waals surface area (Å²) in [7, 11) is -3.92. The maximum absolute atomic E-state index is 12.3. The number of hydrogen-bond acceptors (Lipinski definition) is 3. The Kier molecular flexibility index (Phi) is 3.61. The van der Waals surface area contributed by atoms with Crippen LogP contribution in [0.15, 0.2) is 11.0 Å². The molecule has 0 radical (unpaired) electrons. The molecular weight excluding hydrogens is 341 g/mol. The maximum Gasteiger partial charge on any atom is 0.280 e. The van der Waals surface area contributed by atoms with Gasteiger partial charge in [0.25, 0.3) is 6.43 Å². The lowest BCUT2D eigenvalue weighted by Crippen LogP contribution is -2.16. The third-order valence-electron chi connectivity index (χ3n) is 1.63. The first kappa shape index (κ1) is 12.7.